The van der Waals surface area contributed by atoms with Gasteiger partial charge in [-0.05, 0) is 37.8 Å². The molecule has 0 spiro atoms. The molecule has 1 aromatic rings. The molecule has 19 heavy (non-hydrogen) atoms. The zero-order valence-corrected chi connectivity index (χ0v) is 12.9. The first-order valence-electron chi connectivity index (χ1n) is 7.62. The smallest absolute Gasteiger partial charge is 0.0307 e. The maximum Gasteiger partial charge on any atom is 0.0307 e. The maximum absolute atomic E-state index is 3.70. The second-order valence-corrected chi connectivity index (χ2v) is 6.14. The molecule has 0 aromatic heterocycles. The van der Waals surface area contributed by atoms with Crippen LogP contribution in [0.3, 0.4) is 0 Å². The second kappa shape index (κ2) is 6.06. The Bertz CT molecular complexity index is 415. The highest BCUT2D eigenvalue weighted by Crippen LogP contribution is 2.26. The maximum atomic E-state index is 3.70. The summed E-state index contributed by atoms with van der Waals surface area (Å²) in [5, 5.41) is 3.70. The Morgan fingerprint density at radius 1 is 1.32 bits per heavy atom. The highest BCUT2D eigenvalue weighted by Gasteiger charge is 2.35. The second-order valence-electron chi connectivity index (χ2n) is 6.14. The van der Waals surface area contributed by atoms with Gasteiger partial charge in [0.1, 0.15) is 0 Å². The molecule has 0 radical (unpaired) electrons. The number of nitrogens with one attached hydrogen (secondary N) is 1. The van der Waals surface area contributed by atoms with Crippen molar-refractivity contribution >= 4 is 0 Å². The first-order valence-corrected chi connectivity index (χ1v) is 7.62. The van der Waals surface area contributed by atoms with Crippen molar-refractivity contribution in [1.29, 1.82) is 0 Å². The fourth-order valence-electron chi connectivity index (χ4n) is 2.90. The summed E-state index contributed by atoms with van der Waals surface area (Å²) in [5.41, 5.74) is 3.17. The van der Waals surface area contributed by atoms with Gasteiger partial charge in [0.25, 0.3) is 0 Å². The Kier molecular flexibility index (Phi) is 4.64. The highest BCUT2D eigenvalue weighted by molar-refractivity contribution is 5.25. The van der Waals surface area contributed by atoms with E-state index >= 15 is 0 Å². The van der Waals surface area contributed by atoms with E-state index < -0.39 is 0 Å². The van der Waals surface area contributed by atoms with E-state index in [9.17, 15) is 0 Å². The van der Waals surface area contributed by atoms with Crippen LogP contribution in [0, 0.1) is 6.92 Å². The first-order chi connectivity index (χ1) is 9.09. The quantitative estimate of drug-likeness (QED) is 0.893. The summed E-state index contributed by atoms with van der Waals surface area (Å²) in [5.74, 6) is 0. The number of hydrogen-bond acceptors (Lipinski definition) is 2. The third kappa shape index (κ3) is 3.18. The molecular weight excluding hydrogens is 232 g/mol. The molecule has 1 aromatic carbocycles. The predicted molar refractivity (Wildman–Crippen MR) is 82.4 cm³/mol. The minimum atomic E-state index is 0.286. The van der Waals surface area contributed by atoms with Crippen molar-refractivity contribution in [2.45, 2.75) is 58.7 Å². The largest absolute Gasteiger partial charge is 0.311 e. The summed E-state index contributed by atoms with van der Waals surface area (Å²) in [6, 6.07) is 9.42. The lowest BCUT2D eigenvalue weighted by molar-refractivity contribution is 0.0407. The summed E-state index contributed by atoms with van der Waals surface area (Å²) in [4.78, 5) is 2.68. The van der Waals surface area contributed by atoms with Gasteiger partial charge in [0.15, 0.2) is 0 Å². The summed E-state index contributed by atoms with van der Waals surface area (Å²) in [7, 11) is 0. The molecule has 2 unspecified atom stereocenters. The fourth-order valence-corrected chi connectivity index (χ4v) is 2.90. The highest BCUT2D eigenvalue weighted by atomic mass is 15.3. The van der Waals surface area contributed by atoms with Crippen LogP contribution in [-0.4, -0.2) is 29.6 Å². The van der Waals surface area contributed by atoms with Crippen LogP contribution in [0.5, 0.6) is 0 Å². The van der Waals surface area contributed by atoms with E-state index in [4.69, 9.17) is 0 Å². The molecule has 0 amide bonds. The van der Waals surface area contributed by atoms with E-state index in [0.717, 1.165) is 19.6 Å². The van der Waals surface area contributed by atoms with Gasteiger partial charge in [0.2, 0.25) is 0 Å². The molecule has 0 saturated carbocycles. The Hall–Kier alpha value is -0.860. The van der Waals surface area contributed by atoms with Crippen molar-refractivity contribution in [1.82, 2.24) is 10.2 Å². The number of rotatable bonds is 4. The monoisotopic (exact) mass is 260 g/mol. The third-order valence-corrected chi connectivity index (χ3v) is 4.85. The standard InChI is InChI=1S/C17H28N2/c1-5-16-12-19(17(4,6-2)13-18-16)11-15-10-8-7-9-14(15)3/h7-10,16,18H,5-6,11-13H2,1-4H3. The number of hydrogen-bond donors (Lipinski definition) is 1. The first kappa shape index (κ1) is 14.5. The van der Waals surface area contributed by atoms with Crippen molar-refractivity contribution < 1.29 is 0 Å². The molecule has 2 atom stereocenters. The lowest BCUT2D eigenvalue weighted by Gasteiger charge is -2.48. The van der Waals surface area contributed by atoms with Crippen LogP contribution in [0.2, 0.25) is 0 Å². The fraction of sp³-hybridized carbons (Fsp3) is 0.647. The molecular formula is C17H28N2. The van der Waals surface area contributed by atoms with Crippen LogP contribution in [0.25, 0.3) is 0 Å². The van der Waals surface area contributed by atoms with Gasteiger partial charge in [-0.1, -0.05) is 38.1 Å². The number of aryl methyl sites for hydroxylation is 1. The van der Waals surface area contributed by atoms with Crippen LogP contribution < -0.4 is 5.32 Å². The Morgan fingerprint density at radius 3 is 2.68 bits per heavy atom. The molecule has 1 N–H and O–H groups in total. The van der Waals surface area contributed by atoms with Crippen LogP contribution in [-0.2, 0) is 6.54 Å². The molecule has 2 rings (SSSR count). The van der Waals surface area contributed by atoms with Crippen LogP contribution in [0.4, 0.5) is 0 Å². The van der Waals surface area contributed by atoms with Gasteiger partial charge in [-0.2, -0.15) is 0 Å². The van der Waals surface area contributed by atoms with Gasteiger partial charge < -0.3 is 5.32 Å². The van der Waals surface area contributed by atoms with E-state index in [1.807, 2.05) is 0 Å². The summed E-state index contributed by atoms with van der Waals surface area (Å²) < 4.78 is 0. The summed E-state index contributed by atoms with van der Waals surface area (Å²) in [6.45, 7) is 12.5. The number of piperazine rings is 1. The van der Waals surface area contributed by atoms with Crippen molar-refractivity contribution in [3.63, 3.8) is 0 Å². The van der Waals surface area contributed by atoms with E-state index in [2.05, 4.69) is 62.2 Å². The molecule has 1 saturated heterocycles. The molecule has 2 nitrogen and oxygen atoms in total. The van der Waals surface area contributed by atoms with Gasteiger partial charge >= 0.3 is 0 Å². The normalized spacial score (nSPS) is 28.5. The topological polar surface area (TPSA) is 15.3 Å². The zero-order chi connectivity index (χ0) is 13.9. The van der Waals surface area contributed by atoms with E-state index in [1.54, 1.807) is 0 Å². The Balaban J connectivity index is 2.16. The number of benzene rings is 1. The van der Waals surface area contributed by atoms with Crippen LogP contribution in [0.1, 0.15) is 44.7 Å². The molecule has 1 aliphatic heterocycles. The van der Waals surface area contributed by atoms with Crippen molar-refractivity contribution in [2.75, 3.05) is 13.1 Å². The van der Waals surface area contributed by atoms with Gasteiger partial charge in [0.05, 0.1) is 0 Å². The predicted octanol–water partition coefficient (Wildman–Crippen LogP) is 3.35. The molecule has 2 heteroatoms. The minimum absolute atomic E-state index is 0.286. The molecule has 1 fully saturated rings. The van der Waals surface area contributed by atoms with Crippen molar-refractivity contribution in [3.8, 4) is 0 Å². The van der Waals surface area contributed by atoms with E-state index in [-0.39, 0.29) is 5.54 Å². The lowest BCUT2D eigenvalue weighted by atomic mass is 9.90. The molecule has 0 aliphatic carbocycles. The van der Waals surface area contributed by atoms with E-state index in [1.165, 1.54) is 24.0 Å². The summed E-state index contributed by atoms with van der Waals surface area (Å²) >= 11 is 0. The van der Waals surface area contributed by atoms with E-state index in [0.29, 0.717) is 6.04 Å². The van der Waals surface area contributed by atoms with Crippen molar-refractivity contribution in [3.05, 3.63) is 35.4 Å². The average Bonchev–Trinajstić information content (AvgIpc) is 2.43. The van der Waals surface area contributed by atoms with Gasteiger partial charge in [0, 0.05) is 31.2 Å². The van der Waals surface area contributed by atoms with Crippen molar-refractivity contribution in [2.24, 2.45) is 0 Å². The van der Waals surface area contributed by atoms with Crippen LogP contribution >= 0.6 is 0 Å². The zero-order valence-electron chi connectivity index (χ0n) is 12.9. The molecule has 106 valence electrons. The number of nitrogens with zero attached hydrogens (tertiary/aromatic N) is 1. The summed E-state index contributed by atoms with van der Waals surface area (Å²) in [6.07, 6.45) is 2.41. The lowest BCUT2D eigenvalue weighted by Crippen LogP contribution is -2.62. The Labute approximate surface area is 118 Å². The van der Waals surface area contributed by atoms with Gasteiger partial charge in [-0.3, -0.25) is 4.90 Å². The Morgan fingerprint density at radius 2 is 2.05 bits per heavy atom. The molecule has 1 heterocycles. The molecule has 0 bridgehead atoms. The minimum Gasteiger partial charge on any atom is -0.311 e. The van der Waals surface area contributed by atoms with Gasteiger partial charge in [-0.15, -0.1) is 0 Å². The average molecular weight is 260 g/mol. The SMILES string of the molecule is CCC1CN(Cc2ccccc2C)C(C)(CC)CN1. The van der Waals surface area contributed by atoms with Gasteiger partial charge in [-0.25, -0.2) is 0 Å². The molecule has 1 aliphatic rings. The van der Waals surface area contributed by atoms with Crippen LogP contribution in [0.15, 0.2) is 24.3 Å². The third-order valence-electron chi connectivity index (χ3n) is 4.85.